The van der Waals surface area contributed by atoms with E-state index in [1.165, 1.54) is 11.2 Å². The number of amidine groups is 1. The van der Waals surface area contributed by atoms with Crippen molar-refractivity contribution in [1.29, 1.82) is 5.26 Å². The molecule has 0 saturated carbocycles. The molecule has 0 bridgehead atoms. The Labute approximate surface area is 224 Å². The second-order valence-electron chi connectivity index (χ2n) is 9.23. The summed E-state index contributed by atoms with van der Waals surface area (Å²) in [5.74, 6) is 0.525. The van der Waals surface area contributed by atoms with Gasteiger partial charge >= 0.3 is 6.03 Å². The zero-order valence-corrected chi connectivity index (χ0v) is 21.6. The van der Waals surface area contributed by atoms with Gasteiger partial charge in [0.2, 0.25) is 5.91 Å². The number of benzene rings is 2. The first-order valence-corrected chi connectivity index (χ1v) is 12.5. The molecule has 0 unspecified atom stereocenters. The summed E-state index contributed by atoms with van der Waals surface area (Å²) >= 11 is 6.18. The van der Waals surface area contributed by atoms with Crippen LogP contribution in [0.5, 0.6) is 5.75 Å². The highest BCUT2D eigenvalue weighted by atomic mass is 35.5. The van der Waals surface area contributed by atoms with E-state index in [1.807, 2.05) is 26.0 Å². The maximum absolute atomic E-state index is 14.2. The van der Waals surface area contributed by atoms with Crippen molar-refractivity contribution >= 4 is 29.4 Å². The number of urea groups is 1. The van der Waals surface area contributed by atoms with Crippen molar-refractivity contribution in [3.63, 3.8) is 0 Å². The molecule has 3 amide bonds. The van der Waals surface area contributed by atoms with Gasteiger partial charge in [-0.15, -0.1) is 0 Å². The number of aliphatic imine (C=N–C) groups is 1. The van der Waals surface area contributed by atoms with Crippen molar-refractivity contribution in [2.24, 2.45) is 4.99 Å². The van der Waals surface area contributed by atoms with Crippen LogP contribution in [0.4, 0.5) is 4.79 Å². The SMILES string of the molecule is CC(C)Oc1cc(C#N)ccc1C1=N[C@@H](c2ccon2)[C@@H](c2ccc(Cl)cc2)N1C(=O)N1CCNC(=O)C1. The van der Waals surface area contributed by atoms with Gasteiger partial charge in [-0.3, -0.25) is 14.7 Å². The van der Waals surface area contributed by atoms with Crippen LogP contribution in [0.15, 0.2) is 64.3 Å². The third-order valence-electron chi connectivity index (χ3n) is 6.27. The Hall–Kier alpha value is -4.36. The first-order valence-electron chi connectivity index (χ1n) is 12.1. The normalized spacial score (nSPS) is 19.2. The predicted octanol–water partition coefficient (Wildman–Crippen LogP) is 4.08. The maximum Gasteiger partial charge on any atom is 0.326 e. The lowest BCUT2D eigenvalue weighted by Crippen LogP contribution is -2.55. The van der Waals surface area contributed by atoms with E-state index in [1.54, 1.807) is 41.3 Å². The lowest BCUT2D eigenvalue weighted by Gasteiger charge is -2.35. The Morgan fingerprint density at radius 2 is 2.03 bits per heavy atom. The zero-order valence-electron chi connectivity index (χ0n) is 20.8. The molecular weight excluding hydrogens is 508 g/mol. The fourth-order valence-corrected chi connectivity index (χ4v) is 4.75. The minimum Gasteiger partial charge on any atom is -0.490 e. The fourth-order valence-electron chi connectivity index (χ4n) is 4.62. The number of carbonyl (C=O) groups excluding carboxylic acids is 2. The molecular formula is C27H25ClN6O4. The Bertz CT molecular complexity index is 1410. The monoisotopic (exact) mass is 532 g/mol. The topological polar surface area (TPSA) is 124 Å². The molecule has 1 fully saturated rings. The van der Waals surface area contributed by atoms with Crippen LogP contribution in [-0.4, -0.2) is 58.5 Å². The molecule has 0 aliphatic carbocycles. The average Bonchev–Trinajstić information content (AvgIpc) is 3.57. The molecule has 2 atom stereocenters. The van der Waals surface area contributed by atoms with Crippen LogP contribution in [0.3, 0.4) is 0 Å². The van der Waals surface area contributed by atoms with E-state index in [0.29, 0.717) is 46.5 Å². The number of aromatic nitrogens is 1. The number of ether oxygens (including phenoxy) is 1. The maximum atomic E-state index is 14.2. The van der Waals surface area contributed by atoms with Gasteiger partial charge in [0.05, 0.1) is 29.3 Å². The van der Waals surface area contributed by atoms with Crippen LogP contribution in [0.25, 0.3) is 0 Å². The molecule has 2 aliphatic rings. The standard InChI is InChI=1S/C27H25ClN6O4/c1-16(2)38-22-13-17(14-29)3-8-20(22)26-31-24(21-9-12-37-32-21)25(18-4-6-19(28)7-5-18)34(26)27(36)33-11-10-30-23(35)15-33/h3-9,12-13,16,24-25H,10-11,15H2,1-2H3,(H,30,35)/t24-,25+/m0/s1. The molecule has 194 valence electrons. The first-order chi connectivity index (χ1) is 18.4. The van der Waals surface area contributed by atoms with E-state index in [4.69, 9.17) is 25.9 Å². The summed E-state index contributed by atoms with van der Waals surface area (Å²) < 4.78 is 11.2. The van der Waals surface area contributed by atoms with E-state index >= 15 is 0 Å². The Balaban J connectivity index is 1.69. The largest absolute Gasteiger partial charge is 0.490 e. The van der Waals surface area contributed by atoms with Crippen LogP contribution in [0.1, 0.15) is 48.3 Å². The molecule has 10 nitrogen and oxygen atoms in total. The highest BCUT2D eigenvalue weighted by molar-refractivity contribution is 6.30. The van der Waals surface area contributed by atoms with Gasteiger partial charge in [0, 0.05) is 24.2 Å². The highest BCUT2D eigenvalue weighted by Crippen LogP contribution is 2.45. The lowest BCUT2D eigenvalue weighted by molar-refractivity contribution is -0.123. The number of nitriles is 1. The number of nitrogens with one attached hydrogen (secondary N) is 1. The predicted molar refractivity (Wildman–Crippen MR) is 139 cm³/mol. The summed E-state index contributed by atoms with van der Waals surface area (Å²) in [4.78, 5) is 34.4. The molecule has 0 spiro atoms. The third-order valence-corrected chi connectivity index (χ3v) is 6.52. The van der Waals surface area contributed by atoms with Gasteiger partial charge in [-0.1, -0.05) is 28.9 Å². The Kier molecular flexibility index (Phi) is 7.03. The molecule has 5 rings (SSSR count). The molecule has 3 heterocycles. The minimum atomic E-state index is -0.618. The van der Waals surface area contributed by atoms with Crippen LogP contribution in [0, 0.1) is 11.3 Å². The second-order valence-corrected chi connectivity index (χ2v) is 9.67. The van der Waals surface area contributed by atoms with Gasteiger partial charge in [0.25, 0.3) is 0 Å². The van der Waals surface area contributed by atoms with E-state index in [0.717, 1.165) is 5.56 Å². The van der Waals surface area contributed by atoms with Gasteiger partial charge < -0.3 is 19.5 Å². The summed E-state index contributed by atoms with van der Waals surface area (Å²) in [5, 5.41) is 16.9. The first kappa shape index (κ1) is 25.3. The van der Waals surface area contributed by atoms with Crippen molar-refractivity contribution in [1.82, 2.24) is 20.3 Å². The van der Waals surface area contributed by atoms with Crippen molar-refractivity contribution in [2.75, 3.05) is 19.6 Å². The lowest BCUT2D eigenvalue weighted by atomic mass is 9.97. The minimum absolute atomic E-state index is 0.0761. The van der Waals surface area contributed by atoms with Gasteiger partial charge in [-0.25, -0.2) is 4.79 Å². The zero-order chi connectivity index (χ0) is 26.8. The summed E-state index contributed by atoms with van der Waals surface area (Å²) in [6, 6.07) is 14.4. The van der Waals surface area contributed by atoms with E-state index in [9.17, 15) is 14.9 Å². The second kappa shape index (κ2) is 10.6. The number of piperazine rings is 1. The molecule has 1 saturated heterocycles. The summed E-state index contributed by atoms with van der Waals surface area (Å²) in [6.45, 7) is 4.38. The fraction of sp³-hybridized carbons (Fsp3) is 0.296. The van der Waals surface area contributed by atoms with Crippen molar-refractivity contribution in [2.45, 2.75) is 32.0 Å². The highest BCUT2D eigenvalue weighted by Gasteiger charge is 2.46. The van der Waals surface area contributed by atoms with Gasteiger partial charge in [-0.05, 0) is 49.7 Å². The van der Waals surface area contributed by atoms with Crippen LogP contribution in [-0.2, 0) is 4.79 Å². The molecule has 1 N–H and O–H groups in total. The number of carbonyl (C=O) groups is 2. The van der Waals surface area contributed by atoms with E-state index in [2.05, 4.69) is 16.5 Å². The number of nitrogens with zero attached hydrogens (tertiary/aromatic N) is 5. The van der Waals surface area contributed by atoms with Gasteiger partial charge in [-0.2, -0.15) is 5.26 Å². The number of halogens is 1. The summed E-state index contributed by atoms with van der Waals surface area (Å²) in [7, 11) is 0. The smallest absolute Gasteiger partial charge is 0.326 e. The average molecular weight is 533 g/mol. The molecule has 1 aromatic heterocycles. The molecule has 0 radical (unpaired) electrons. The van der Waals surface area contributed by atoms with E-state index < -0.39 is 12.1 Å². The summed E-state index contributed by atoms with van der Waals surface area (Å²) in [6.07, 6.45) is 1.26. The Morgan fingerprint density at radius 3 is 2.68 bits per heavy atom. The van der Waals surface area contributed by atoms with Crippen LogP contribution in [0.2, 0.25) is 5.02 Å². The molecule has 11 heteroatoms. The Morgan fingerprint density at radius 1 is 1.24 bits per heavy atom. The molecule has 3 aromatic rings. The van der Waals surface area contributed by atoms with Crippen molar-refractivity contribution in [3.8, 4) is 11.8 Å². The third kappa shape index (κ3) is 4.93. The quantitative estimate of drug-likeness (QED) is 0.528. The molecule has 2 aliphatic heterocycles. The van der Waals surface area contributed by atoms with Crippen molar-refractivity contribution in [3.05, 3.63) is 82.2 Å². The van der Waals surface area contributed by atoms with E-state index in [-0.39, 0.29) is 24.6 Å². The van der Waals surface area contributed by atoms with Crippen LogP contribution >= 0.6 is 11.6 Å². The number of hydrogen-bond donors (Lipinski definition) is 1. The number of rotatable bonds is 5. The van der Waals surface area contributed by atoms with Gasteiger partial charge in [0.1, 0.15) is 36.1 Å². The van der Waals surface area contributed by atoms with Crippen LogP contribution < -0.4 is 10.1 Å². The summed E-state index contributed by atoms with van der Waals surface area (Å²) in [5.41, 5.74) is 2.26. The molecule has 2 aromatic carbocycles. The van der Waals surface area contributed by atoms with Crippen molar-refractivity contribution < 1.29 is 18.8 Å². The van der Waals surface area contributed by atoms with Gasteiger partial charge in [0.15, 0.2) is 0 Å². The number of hydrogen-bond acceptors (Lipinski definition) is 7. The number of amides is 3. The molecule has 38 heavy (non-hydrogen) atoms.